The van der Waals surface area contributed by atoms with Gasteiger partial charge in [-0.3, -0.25) is 0 Å². The van der Waals surface area contributed by atoms with Gasteiger partial charge in [0.05, 0.1) is 12.2 Å². The van der Waals surface area contributed by atoms with Crippen molar-refractivity contribution in [3.8, 4) is 5.75 Å². The maximum absolute atomic E-state index is 10.7. The summed E-state index contributed by atoms with van der Waals surface area (Å²) in [6, 6.07) is 6.57. The van der Waals surface area contributed by atoms with Crippen LogP contribution in [0.3, 0.4) is 0 Å². The summed E-state index contributed by atoms with van der Waals surface area (Å²) in [5.74, 6) is -0.179. The van der Waals surface area contributed by atoms with E-state index >= 15 is 0 Å². The molecule has 1 atom stereocenters. The Morgan fingerprint density at radius 2 is 2.06 bits per heavy atom. The molecule has 0 saturated heterocycles. The molecule has 1 N–H and O–H groups in total. The Bertz CT molecular complexity index is 447. The first-order valence-corrected chi connectivity index (χ1v) is 6.20. The summed E-state index contributed by atoms with van der Waals surface area (Å²) >= 11 is 0. The van der Waals surface area contributed by atoms with E-state index < -0.39 is 5.97 Å². The molecule has 2 rings (SSSR count). The number of hydrogen-bond acceptors (Lipinski definition) is 2. The van der Waals surface area contributed by atoms with Gasteiger partial charge in [-0.1, -0.05) is 19.1 Å². The highest BCUT2D eigenvalue weighted by Gasteiger charge is 2.25. The first kappa shape index (κ1) is 12.7. The topological polar surface area (TPSA) is 46.5 Å². The van der Waals surface area contributed by atoms with Gasteiger partial charge >= 0.3 is 5.97 Å². The number of carboxylic acids is 1. The van der Waals surface area contributed by atoms with Crippen molar-refractivity contribution in [1.29, 1.82) is 0 Å². The van der Waals surface area contributed by atoms with E-state index in [1.165, 1.54) is 0 Å². The molecule has 0 amide bonds. The molecule has 1 aromatic carbocycles. The predicted octanol–water partition coefficient (Wildman–Crippen LogP) is 3.51. The van der Waals surface area contributed by atoms with E-state index in [2.05, 4.69) is 19.1 Å². The van der Waals surface area contributed by atoms with Crippen molar-refractivity contribution in [3.05, 3.63) is 42.0 Å². The molecule has 3 nitrogen and oxygen atoms in total. The summed E-state index contributed by atoms with van der Waals surface area (Å²) in [4.78, 5) is 10.7. The Balaban J connectivity index is 1.93. The molecular formula is C15H18O3. The largest absolute Gasteiger partial charge is 0.493 e. The van der Waals surface area contributed by atoms with Crippen molar-refractivity contribution in [1.82, 2.24) is 0 Å². The molecule has 0 saturated carbocycles. The first-order valence-electron chi connectivity index (χ1n) is 6.20. The molecule has 96 valence electrons. The number of allylic oxidation sites excluding steroid dienone is 2. The Morgan fingerprint density at radius 3 is 2.61 bits per heavy atom. The third kappa shape index (κ3) is 3.13. The number of aromatic carboxylic acids is 1. The highest BCUT2D eigenvalue weighted by Crippen LogP contribution is 2.32. The minimum Gasteiger partial charge on any atom is -0.493 e. The molecule has 0 bridgehead atoms. The normalized spacial score (nSPS) is 22.7. The zero-order chi connectivity index (χ0) is 13.0. The third-order valence-corrected chi connectivity index (χ3v) is 3.38. The molecule has 1 aromatic rings. The molecule has 1 aliphatic carbocycles. The number of carboxylic acid groups (broad SMARTS) is 1. The van der Waals surface area contributed by atoms with Crippen LogP contribution in [0.5, 0.6) is 5.75 Å². The first-order chi connectivity index (χ1) is 8.59. The minimum atomic E-state index is -0.911. The van der Waals surface area contributed by atoms with Crippen LogP contribution in [-0.2, 0) is 0 Å². The zero-order valence-electron chi connectivity index (χ0n) is 10.6. The van der Waals surface area contributed by atoms with Gasteiger partial charge in [0.1, 0.15) is 5.75 Å². The lowest BCUT2D eigenvalue weighted by molar-refractivity contribution is 0.0696. The number of carbonyl (C=O) groups is 1. The van der Waals surface area contributed by atoms with Crippen LogP contribution in [0, 0.1) is 5.41 Å². The monoisotopic (exact) mass is 246 g/mol. The average molecular weight is 246 g/mol. The van der Waals surface area contributed by atoms with Crippen LogP contribution >= 0.6 is 0 Å². The van der Waals surface area contributed by atoms with E-state index in [0.29, 0.717) is 6.61 Å². The molecule has 0 spiro atoms. The van der Waals surface area contributed by atoms with E-state index in [-0.39, 0.29) is 11.0 Å². The molecule has 1 aliphatic rings. The van der Waals surface area contributed by atoms with Gasteiger partial charge in [-0.15, -0.1) is 0 Å². The van der Waals surface area contributed by atoms with Crippen molar-refractivity contribution in [3.63, 3.8) is 0 Å². The smallest absolute Gasteiger partial charge is 0.335 e. The quantitative estimate of drug-likeness (QED) is 0.827. The molecule has 0 aromatic heterocycles. The van der Waals surface area contributed by atoms with Crippen molar-refractivity contribution in [2.24, 2.45) is 5.41 Å². The molecule has 1 unspecified atom stereocenters. The van der Waals surface area contributed by atoms with Crippen molar-refractivity contribution < 1.29 is 14.6 Å². The summed E-state index contributed by atoms with van der Waals surface area (Å²) in [7, 11) is 0. The van der Waals surface area contributed by atoms with Gasteiger partial charge in [-0.25, -0.2) is 4.79 Å². The maximum Gasteiger partial charge on any atom is 0.335 e. The predicted molar refractivity (Wildman–Crippen MR) is 70.0 cm³/mol. The second-order valence-electron chi connectivity index (χ2n) is 5.14. The van der Waals surface area contributed by atoms with Crippen LogP contribution in [-0.4, -0.2) is 17.7 Å². The zero-order valence-corrected chi connectivity index (χ0v) is 10.6. The van der Waals surface area contributed by atoms with E-state index in [0.717, 1.165) is 25.0 Å². The SMILES string of the molecule is CC1(COc2ccc(C(=O)O)cc2)CC=CCC1. The Kier molecular flexibility index (Phi) is 3.70. The maximum atomic E-state index is 10.7. The van der Waals surface area contributed by atoms with Crippen LogP contribution < -0.4 is 4.74 Å². The average Bonchev–Trinajstić information content (AvgIpc) is 2.38. The molecule has 0 radical (unpaired) electrons. The number of benzene rings is 1. The molecular weight excluding hydrogens is 228 g/mol. The van der Waals surface area contributed by atoms with Gasteiger partial charge in [0.2, 0.25) is 0 Å². The van der Waals surface area contributed by atoms with Crippen molar-refractivity contribution >= 4 is 5.97 Å². The Morgan fingerprint density at radius 1 is 1.33 bits per heavy atom. The summed E-state index contributed by atoms with van der Waals surface area (Å²) in [5, 5.41) is 8.80. The fourth-order valence-corrected chi connectivity index (χ4v) is 2.10. The Hall–Kier alpha value is -1.77. The molecule has 0 fully saturated rings. The number of rotatable bonds is 4. The van der Waals surface area contributed by atoms with E-state index in [1.54, 1.807) is 24.3 Å². The lowest BCUT2D eigenvalue weighted by Gasteiger charge is -2.30. The highest BCUT2D eigenvalue weighted by molar-refractivity contribution is 5.87. The summed E-state index contributed by atoms with van der Waals surface area (Å²) in [6.45, 7) is 2.89. The fourth-order valence-electron chi connectivity index (χ4n) is 2.10. The van der Waals surface area contributed by atoms with Crippen LogP contribution in [0.4, 0.5) is 0 Å². The minimum absolute atomic E-state index is 0.195. The van der Waals surface area contributed by atoms with E-state index in [9.17, 15) is 4.79 Å². The fraction of sp³-hybridized carbons (Fsp3) is 0.400. The van der Waals surface area contributed by atoms with Crippen molar-refractivity contribution in [2.75, 3.05) is 6.61 Å². The Labute approximate surface area is 107 Å². The second-order valence-corrected chi connectivity index (χ2v) is 5.14. The summed E-state index contributed by atoms with van der Waals surface area (Å²) < 4.78 is 5.76. The van der Waals surface area contributed by atoms with Crippen LogP contribution in [0.1, 0.15) is 36.5 Å². The summed E-state index contributed by atoms with van der Waals surface area (Å²) in [6.07, 6.45) is 7.71. The number of ether oxygens (including phenoxy) is 1. The van der Waals surface area contributed by atoms with Gasteiger partial charge < -0.3 is 9.84 Å². The van der Waals surface area contributed by atoms with Gasteiger partial charge in [0.15, 0.2) is 0 Å². The van der Waals surface area contributed by atoms with Crippen molar-refractivity contribution in [2.45, 2.75) is 26.2 Å². The second kappa shape index (κ2) is 5.25. The summed E-state index contributed by atoms with van der Waals surface area (Å²) in [5.41, 5.74) is 0.481. The van der Waals surface area contributed by atoms with Crippen LogP contribution in [0.25, 0.3) is 0 Å². The van der Waals surface area contributed by atoms with Gasteiger partial charge in [0, 0.05) is 5.41 Å². The van der Waals surface area contributed by atoms with E-state index in [1.807, 2.05) is 0 Å². The van der Waals surface area contributed by atoms with Gasteiger partial charge in [-0.05, 0) is 43.5 Å². The third-order valence-electron chi connectivity index (χ3n) is 3.38. The standard InChI is InChI=1S/C15H18O3/c1-15(9-3-2-4-10-15)11-18-13-7-5-12(6-8-13)14(16)17/h2-3,5-8H,4,9-11H2,1H3,(H,16,17). The lowest BCUT2D eigenvalue weighted by Crippen LogP contribution is -2.26. The number of hydrogen-bond donors (Lipinski definition) is 1. The van der Waals surface area contributed by atoms with Crippen LogP contribution in [0.2, 0.25) is 0 Å². The highest BCUT2D eigenvalue weighted by atomic mass is 16.5. The molecule has 0 aliphatic heterocycles. The lowest BCUT2D eigenvalue weighted by atomic mass is 9.80. The van der Waals surface area contributed by atoms with Gasteiger partial charge in [-0.2, -0.15) is 0 Å². The molecule has 18 heavy (non-hydrogen) atoms. The molecule has 0 heterocycles. The molecule has 3 heteroatoms. The van der Waals surface area contributed by atoms with Crippen LogP contribution in [0.15, 0.2) is 36.4 Å². The van der Waals surface area contributed by atoms with Gasteiger partial charge in [0.25, 0.3) is 0 Å². The van der Waals surface area contributed by atoms with E-state index in [4.69, 9.17) is 9.84 Å².